The van der Waals surface area contributed by atoms with E-state index in [1.807, 2.05) is 18.2 Å². The predicted molar refractivity (Wildman–Crippen MR) is 83.9 cm³/mol. The first-order chi connectivity index (χ1) is 9.53. The minimum absolute atomic E-state index is 0.0382. The van der Waals surface area contributed by atoms with Crippen LogP contribution in [0, 0.1) is 0 Å². The Hall–Kier alpha value is -0.910. The van der Waals surface area contributed by atoms with Gasteiger partial charge in [-0.3, -0.25) is 0 Å². The van der Waals surface area contributed by atoms with Gasteiger partial charge in [0.15, 0.2) is 0 Å². The summed E-state index contributed by atoms with van der Waals surface area (Å²) >= 11 is 0. The van der Waals surface area contributed by atoms with Crippen molar-refractivity contribution in [3.8, 4) is 0 Å². The second-order valence-electron chi connectivity index (χ2n) is 5.13. The summed E-state index contributed by atoms with van der Waals surface area (Å²) < 4.78 is 21.8. The molecule has 0 amide bonds. The third kappa shape index (κ3) is 7.62. The monoisotopic (exact) mass is 298 g/mol. The molecule has 4 nitrogen and oxygen atoms in total. The Kier molecular flexibility index (Phi) is 7.80. The van der Waals surface area contributed by atoms with Crippen LogP contribution >= 0.6 is 0 Å². The molecule has 0 radical (unpaired) electrons. The van der Waals surface area contributed by atoms with Crippen molar-refractivity contribution in [2.75, 3.05) is 12.3 Å². The van der Waals surface area contributed by atoms with Crippen LogP contribution in [0.2, 0.25) is 0 Å². The summed E-state index contributed by atoms with van der Waals surface area (Å²) in [4.78, 5) is 0. The van der Waals surface area contributed by atoms with Crippen molar-refractivity contribution in [2.24, 2.45) is 5.14 Å². The molecule has 0 spiro atoms. The van der Waals surface area contributed by atoms with Crippen LogP contribution in [-0.4, -0.2) is 20.7 Å². The Morgan fingerprint density at radius 3 is 2.45 bits per heavy atom. The fourth-order valence-electron chi connectivity index (χ4n) is 2.22. The third-order valence-corrected chi connectivity index (χ3v) is 4.15. The lowest BCUT2D eigenvalue weighted by atomic mass is 10.0. The minimum atomic E-state index is -3.35. The van der Waals surface area contributed by atoms with Crippen molar-refractivity contribution in [1.82, 2.24) is 5.32 Å². The number of sulfonamides is 1. The largest absolute Gasteiger partial charge is 0.310 e. The maximum Gasteiger partial charge on any atom is 0.209 e. The van der Waals surface area contributed by atoms with Crippen LogP contribution in [0.4, 0.5) is 0 Å². The first-order valence-corrected chi connectivity index (χ1v) is 9.03. The van der Waals surface area contributed by atoms with Crippen LogP contribution in [0.5, 0.6) is 0 Å². The molecule has 0 saturated heterocycles. The summed E-state index contributed by atoms with van der Waals surface area (Å²) in [5.41, 5.74) is 1.26. The Morgan fingerprint density at radius 1 is 1.15 bits per heavy atom. The second kappa shape index (κ2) is 9.10. The van der Waals surface area contributed by atoms with Gasteiger partial charge in [0.1, 0.15) is 0 Å². The number of hydrogen-bond acceptors (Lipinski definition) is 3. The smallest absolute Gasteiger partial charge is 0.209 e. The van der Waals surface area contributed by atoms with Gasteiger partial charge in [0.05, 0.1) is 5.75 Å². The highest BCUT2D eigenvalue weighted by Gasteiger charge is 2.10. The number of hydrogen-bond donors (Lipinski definition) is 2. The molecular formula is C15H26N2O2S. The van der Waals surface area contributed by atoms with E-state index >= 15 is 0 Å². The molecule has 1 rings (SSSR count). The second-order valence-corrected chi connectivity index (χ2v) is 6.87. The van der Waals surface area contributed by atoms with Crippen LogP contribution in [0.25, 0.3) is 0 Å². The van der Waals surface area contributed by atoms with Gasteiger partial charge in [-0.2, -0.15) is 0 Å². The first kappa shape index (κ1) is 17.1. The van der Waals surface area contributed by atoms with Gasteiger partial charge in [-0.15, -0.1) is 0 Å². The lowest BCUT2D eigenvalue weighted by Gasteiger charge is -2.19. The number of benzene rings is 1. The van der Waals surface area contributed by atoms with Crippen LogP contribution in [-0.2, 0) is 10.0 Å². The Bertz CT molecular complexity index is 460. The maximum atomic E-state index is 10.9. The molecule has 0 aliphatic carbocycles. The third-order valence-electron chi connectivity index (χ3n) is 3.29. The van der Waals surface area contributed by atoms with Gasteiger partial charge in [-0.05, 0) is 24.9 Å². The fourth-order valence-corrected chi connectivity index (χ4v) is 2.77. The van der Waals surface area contributed by atoms with Gasteiger partial charge in [-0.1, -0.05) is 56.5 Å². The SMILES string of the molecule is CCCCCC(NCCCS(N)(=O)=O)c1ccccc1. The fraction of sp³-hybridized carbons (Fsp3) is 0.600. The standard InChI is InChI=1S/C15H26N2O2S/c1-2-3-5-11-15(14-9-6-4-7-10-14)17-12-8-13-20(16,18)19/h4,6-7,9-10,15,17H,2-3,5,8,11-13H2,1H3,(H2,16,18,19). The predicted octanol–water partition coefficient (Wildman–Crippen LogP) is 2.58. The molecule has 0 bridgehead atoms. The molecule has 5 heteroatoms. The zero-order valence-corrected chi connectivity index (χ0v) is 13.0. The topological polar surface area (TPSA) is 72.2 Å². The van der Waals surface area contributed by atoms with Gasteiger partial charge in [-0.25, -0.2) is 13.6 Å². The van der Waals surface area contributed by atoms with Crippen LogP contribution in [0.3, 0.4) is 0 Å². The molecule has 1 aromatic carbocycles. The number of nitrogens with one attached hydrogen (secondary N) is 1. The molecule has 114 valence electrons. The van der Waals surface area contributed by atoms with E-state index in [1.54, 1.807) is 0 Å². The van der Waals surface area contributed by atoms with Crippen LogP contribution in [0.15, 0.2) is 30.3 Å². The molecule has 0 saturated carbocycles. The van der Waals surface area contributed by atoms with E-state index in [9.17, 15) is 8.42 Å². The summed E-state index contributed by atoms with van der Waals surface area (Å²) in [6, 6.07) is 10.6. The van der Waals surface area contributed by atoms with Gasteiger partial charge in [0.25, 0.3) is 0 Å². The molecule has 0 aromatic heterocycles. The Labute approximate surface area is 122 Å². The number of nitrogens with two attached hydrogens (primary N) is 1. The molecule has 0 aliphatic rings. The molecule has 0 heterocycles. The van der Waals surface area contributed by atoms with E-state index in [1.165, 1.54) is 24.8 Å². The molecule has 1 unspecified atom stereocenters. The maximum absolute atomic E-state index is 10.9. The molecule has 20 heavy (non-hydrogen) atoms. The van der Waals surface area contributed by atoms with Crippen molar-refractivity contribution >= 4 is 10.0 Å². The summed E-state index contributed by atoms with van der Waals surface area (Å²) in [6.45, 7) is 2.86. The summed E-state index contributed by atoms with van der Waals surface area (Å²) in [7, 11) is -3.35. The van der Waals surface area contributed by atoms with Gasteiger partial charge < -0.3 is 5.32 Å². The first-order valence-electron chi connectivity index (χ1n) is 7.31. The number of rotatable bonds is 10. The summed E-state index contributed by atoms with van der Waals surface area (Å²) in [5.74, 6) is 0.0382. The molecule has 3 N–H and O–H groups in total. The Balaban J connectivity index is 2.46. The average Bonchev–Trinajstić information content (AvgIpc) is 2.41. The van der Waals surface area contributed by atoms with E-state index in [-0.39, 0.29) is 5.75 Å². The normalized spacial score (nSPS) is 13.3. The summed E-state index contributed by atoms with van der Waals surface area (Å²) in [6.07, 6.45) is 5.23. The van der Waals surface area contributed by atoms with E-state index in [4.69, 9.17) is 5.14 Å². The van der Waals surface area contributed by atoms with Crippen LogP contribution in [0.1, 0.15) is 50.6 Å². The minimum Gasteiger partial charge on any atom is -0.310 e. The highest BCUT2D eigenvalue weighted by atomic mass is 32.2. The van der Waals surface area contributed by atoms with Crippen molar-refractivity contribution < 1.29 is 8.42 Å². The van der Waals surface area contributed by atoms with E-state index in [2.05, 4.69) is 24.4 Å². The lowest BCUT2D eigenvalue weighted by molar-refractivity contribution is 0.474. The van der Waals surface area contributed by atoms with E-state index < -0.39 is 10.0 Å². The van der Waals surface area contributed by atoms with Crippen molar-refractivity contribution in [1.29, 1.82) is 0 Å². The van der Waals surface area contributed by atoms with Crippen molar-refractivity contribution in [2.45, 2.75) is 45.1 Å². The molecular weight excluding hydrogens is 272 g/mol. The molecule has 0 fully saturated rings. The average molecular weight is 298 g/mol. The quantitative estimate of drug-likeness (QED) is 0.652. The van der Waals surface area contributed by atoms with Crippen molar-refractivity contribution in [3.05, 3.63) is 35.9 Å². The summed E-state index contributed by atoms with van der Waals surface area (Å²) in [5, 5.41) is 8.45. The molecule has 1 aromatic rings. The molecule has 0 aliphatic heterocycles. The van der Waals surface area contributed by atoms with Crippen molar-refractivity contribution in [3.63, 3.8) is 0 Å². The van der Waals surface area contributed by atoms with E-state index in [0.717, 1.165) is 6.42 Å². The van der Waals surface area contributed by atoms with Gasteiger partial charge >= 0.3 is 0 Å². The highest BCUT2D eigenvalue weighted by molar-refractivity contribution is 7.89. The van der Waals surface area contributed by atoms with Crippen LogP contribution < -0.4 is 10.5 Å². The highest BCUT2D eigenvalue weighted by Crippen LogP contribution is 2.19. The van der Waals surface area contributed by atoms with Gasteiger partial charge in [0.2, 0.25) is 10.0 Å². The van der Waals surface area contributed by atoms with Gasteiger partial charge in [0, 0.05) is 6.04 Å². The Morgan fingerprint density at radius 2 is 1.85 bits per heavy atom. The zero-order valence-electron chi connectivity index (χ0n) is 12.2. The zero-order chi connectivity index (χ0) is 14.8. The number of unbranched alkanes of at least 4 members (excludes halogenated alkanes) is 2. The van der Waals surface area contributed by atoms with E-state index in [0.29, 0.717) is 19.0 Å². The molecule has 1 atom stereocenters. The number of primary sulfonamides is 1. The lowest BCUT2D eigenvalue weighted by Crippen LogP contribution is -2.25.